The number of aromatic nitrogens is 1. The van der Waals surface area contributed by atoms with Crippen molar-refractivity contribution in [3.05, 3.63) is 24.0 Å². The Morgan fingerprint density at radius 2 is 2.00 bits per heavy atom. The van der Waals surface area contributed by atoms with E-state index >= 15 is 0 Å². The maximum Gasteiger partial charge on any atom is 0.253 e. The number of carbonyl (C=O) groups excluding carboxylic acids is 2. The first-order chi connectivity index (χ1) is 8.92. The third-order valence-corrected chi connectivity index (χ3v) is 2.87. The minimum Gasteiger partial charge on any atom is -0.386 e. The van der Waals surface area contributed by atoms with Crippen molar-refractivity contribution in [3.8, 4) is 0 Å². The molecule has 0 saturated carbocycles. The Bertz CT molecular complexity index is 471. The predicted octanol–water partition coefficient (Wildman–Crippen LogP) is 0.625. The van der Waals surface area contributed by atoms with Crippen LogP contribution in [0.4, 0.5) is 5.69 Å². The fraction of sp³-hybridized carbons (Fsp3) is 0.462. The van der Waals surface area contributed by atoms with Gasteiger partial charge in [0, 0.05) is 26.8 Å². The normalized spacial score (nSPS) is 10.7. The van der Waals surface area contributed by atoms with E-state index < -0.39 is 5.41 Å². The highest BCUT2D eigenvalue weighted by molar-refractivity contribution is 5.99. The van der Waals surface area contributed by atoms with Crippen LogP contribution in [0.2, 0.25) is 0 Å². The molecule has 0 spiro atoms. The Labute approximate surface area is 113 Å². The third-order valence-electron chi connectivity index (χ3n) is 2.87. The summed E-state index contributed by atoms with van der Waals surface area (Å²) in [6.45, 7) is 3.81. The Morgan fingerprint density at radius 3 is 2.58 bits per heavy atom. The van der Waals surface area contributed by atoms with E-state index in [0.717, 1.165) is 0 Å². The fourth-order valence-corrected chi connectivity index (χ4v) is 1.61. The summed E-state index contributed by atoms with van der Waals surface area (Å²) in [6.07, 6.45) is 3.14. The summed E-state index contributed by atoms with van der Waals surface area (Å²) in [5.74, 6) is -0.347. The van der Waals surface area contributed by atoms with Gasteiger partial charge in [-0.05, 0) is 19.9 Å². The van der Waals surface area contributed by atoms with E-state index in [4.69, 9.17) is 0 Å². The topological polar surface area (TPSA) is 83.1 Å². The van der Waals surface area contributed by atoms with Crippen molar-refractivity contribution in [3.63, 3.8) is 0 Å². The van der Waals surface area contributed by atoms with Crippen LogP contribution in [0.1, 0.15) is 24.2 Å². The molecule has 0 aliphatic rings. The van der Waals surface area contributed by atoms with Gasteiger partial charge in [0.05, 0.1) is 22.9 Å². The predicted molar refractivity (Wildman–Crippen MR) is 74.0 cm³/mol. The molecule has 0 aliphatic heterocycles. The van der Waals surface area contributed by atoms with Crippen LogP contribution < -0.4 is 16.0 Å². The molecule has 0 saturated heterocycles. The number of amides is 2. The van der Waals surface area contributed by atoms with Gasteiger partial charge < -0.3 is 16.0 Å². The van der Waals surface area contributed by atoms with E-state index in [-0.39, 0.29) is 18.4 Å². The molecule has 1 heterocycles. The second-order valence-electron chi connectivity index (χ2n) is 4.82. The number of nitrogens with zero attached hydrogens (tertiary/aromatic N) is 1. The molecule has 2 amide bonds. The van der Waals surface area contributed by atoms with Gasteiger partial charge >= 0.3 is 0 Å². The highest BCUT2D eigenvalue weighted by Gasteiger charge is 2.27. The first-order valence-electron chi connectivity index (χ1n) is 6.04. The summed E-state index contributed by atoms with van der Waals surface area (Å²) in [6, 6.07) is 1.63. The van der Waals surface area contributed by atoms with E-state index in [9.17, 15) is 9.59 Å². The lowest BCUT2D eigenvalue weighted by atomic mass is 9.92. The van der Waals surface area contributed by atoms with E-state index in [1.165, 1.54) is 0 Å². The molecule has 104 valence electrons. The van der Waals surface area contributed by atoms with Crippen LogP contribution in [-0.4, -0.2) is 37.4 Å². The molecule has 0 unspecified atom stereocenters. The van der Waals surface area contributed by atoms with Crippen LogP contribution in [0.25, 0.3) is 0 Å². The molecule has 19 heavy (non-hydrogen) atoms. The third kappa shape index (κ3) is 3.67. The summed E-state index contributed by atoms with van der Waals surface area (Å²) in [5.41, 5.74) is 0.500. The SMILES string of the molecule is CNC(=O)C(C)(C)CNC(=O)c1ccncc1NC. The Morgan fingerprint density at radius 1 is 1.32 bits per heavy atom. The van der Waals surface area contributed by atoms with Crippen molar-refractivity contribution in [2.75, 3.05) is 26.0 Å². The molecule has 0 aromatic carbocycles. The lowest BCUT2D eigenvalue weighted by Crippen LogP contribution is -2.43. The first kappa shape index (κ1) is 14.9. The van der Waals surface area contributed by atoms with Gasteiger partial charge in [0.2, 0.25) is 5.91 Å². The van der Waals surface area contributed by atoms with Crippen LogP contribution >= 0.6 is 0 Å². The van der Waals surface area contributed by atoms with Crippen LogP contribution in [-0.2, 0) is 4.79 Å². The standard InChI is InChI=1S/C13H20N4O2/c1-13(2,12(19)15-4)8-17-11(18)9-5-6-16-7-10(9)14-3/h5-7,14H,8H2,1-4H3,(H,15,19)(H,17,18). The van der Waals surface area contributed by atoms with Gasteiger partial charge in [-0.3, -0.25) is 14.6 Å². The van der Waals surface area contributed by atoms with Crippen molar-refractivity contribution in [2.24, 2.45) is 5.41 Å². The second-order valence-corrected chi connectivity index (χ2v) is 4.82. The average molecular weight is 264 g/mol. The zero-order valence-corrected chi connectivity index (χ0v) is 11.7. The molecule has 0 aliphatic carbocycles. The van der Waals surface area contributed by atoms with Crippen molar-refractivity contribution >= 4 is 17.5 Å². The molecule has 0 atom stereocenters. The molecule has 3 N–H and O–H groups in total. The van der Waals surface area contributed by atoms with Crippen LogP contribution in [0.5, 0.6) is 0 Å². The molecule has 0 fully saturated rings. The van der Waals surface area contributed by atoms with Crippen molar-refractivity contribution in [1.82, 2.24) is 15.6 Å². The number of rotatable bonds is 5. The van der Waals surface area contributed by atoms with Gasteiger partial charge in [-0.1, -0.05) is 0 Å². The molecule has 0 bridgehead atoms. The first-order valence-corrected chi connectivity index (χ1v) is 6.04. The zero-order valence-electron chi connectivity index (χ0n) is 11.7. The van der Waals surface area contributed by atoms with E-state index in [1.807, 2.05) is 0 Å². The second kappa shape index (κ2) is 6.17. The van der Waals surface area contributed by atoms with Gasteiger partial charge in [0.15, 0.2) is 0 Å². The number of carbonyl (C=O) groups is 2. The molecule has 1 rings (SSSR count). The number of pyridine rings is 1. The van der Waals surface area contributed by atoms with Gasteiger partial charge in [-0.2, -0.15) is 0 Å². The largest absolute Gasteiger partial charge is 0.386 e. The van der Waals surface area contributed by atoms with Crippen LogP contribution in [0.3, 0.4) is 0 Å². The summed E-state index contributed by atoms with van der Waals surface area (Å²) in [5, 5.41) is 8.25. The summed E-state index contributed by atoms with van der Waals surface area (Å²) in [7, 11) is 3.30. The smallest absolute Gasteiger partial charge is 0.253 e. The molecular weight excluding hydrogens is 244 g/mol. The number of nitrogens with one attached hydrogen (secondary N) is 3. The molecule has 0 radical (unpaired) electrons. The number of hydrogen-bond donors (Lipinski definition) is 3. The quantitative estimate of drug-likeness (QED) is 0.728. The highest BCUT2D eigenvalue weighted by atomic mass is 16.2. The fourth-order valence-electron chi connectivity index (χ4n) is 1.61. The minimum absolute atomic E-state index is 0.114. The minimum atomic E-state index is -0.656. The molecule has 6 heteroatoms. The molecule has 1 aromatic rings. The average Bonchev–Trinajstić information content (AvgIpc) is 2.43. The van der Waals surface area contributed by atoms with E-state index in [1.54, 1.807) is 46.4 Å². The van der Waals surface area contributed by atoms with Crippen molar-refractivity contribution in [2.45, 2.75) is 13.8 Å². The highest BCUT2D eigenvalue weighted by Crippen LogP contribution is 2.15. The molecule has 1 aromatic heterocycles. The Hall–Kier alpha value is -2.11. The lowest BCUT2D eigenvalue weighted by molar-refractivity contribution is -0.128. The lowest BCUT2D eigenvalue weighted by Gasteiger charge is -2.23. The van der Waals surface area contributed by atoms with Crippen LogP contribution in [0, 0.1) is 5.41 Å². The number of hydrogen-bond acceptors (Lipinski definition) is 4. The van der Waals surface area contributed by atoms with Gasteiger partial charge in [-0.15, -0.1) is 0 Å². The van der Waals surface area contributed by atoms with E-state index in [0.29, 0.717) is 11.3 Å². The van der Waals surface area contributed by atoms with Gasteiger partial charge in [-0.25, -0.2) is 0 Å². The maximum absolute atomic E-state index is 12.1. The Balaban J connectivity index is 2.73. The molecule has 6 nitrogen and oxygen atoms in total. The maximum atomic E-state index is 12.1. The monoisotopic (exact) mass is 264 g/mol. The molecular formula is C13H20N4O2. The van der Waals surface area contributed by atoms with Crippen LogP contribution in [0.15, 0.2) is 18.5 Å². The summed E-state index contributed by atoms with van der Waals surface area (Å²) in [4.78, 5) is 27.6. The number of anilines is 1. The van der Waals surface area contributed by atoms with Gasteiger partial charge in [0.25, 0.3) is 5.91 Å². The van der Waals surface area contributed by atoms with Crippen molar-refractivity contribution < 1.29 is 9.59 Å². The zero-order chi connectivity index (χ0) is 14.5. The summed E-state index contributed by atoms with van der Waals surface area (Å²) < 4.78 is 0. The van der Waals surface area contributed by atoms with Crippen molar-refractivity contribution in [1.29, 1.82) is 0 Å². The summed E-state index contributed by atoms with van der Waals surface area (Å²) >= 11 is 0. The van der Waals surface area contributed by atoms with Gasteiger partial charge in [0.1, 0.15) is 0 Å². The van der Waals surface area contributed by atoms with E-state index in [2.05, 4.69) is 20.9 Å². The Kier molecular flexibility index (Phi) is 4.86.